The second kappa shape index (κ2) is 6.44. The van der Waals surface area contributed by atoms with Crippen molar-refractivity contribution in [1.82, 2.24) is 0 Å². The molecule has 0 spiro atoms. The molecule has 0 radical (unpaired) electrons. The standard InChI is InChI=1S/C16H15FN2S/c1-3-20-16-9-5-8-15(12(16)10-18)19-14-7-4-6-13(17)11(14)2/h4-9,19H,3H2,1-2H3. The highest BCUT2D eigenvalue weighted by Gasteiger charge is 2.10. The summed E-state index contributed by atoms with van der Waals surface area (Å²) in [6.07, 6.45) is 0. The van der Waals surface area contributed by atoms with Crippen LogP contribution in [0.2, 0.25) is 0 Å². The smallest absolute Gasteiger partial charge is 0.128 e. The highest BCUT2D eigenvalue weighted by Crippen LogP contribution is 2.31. The molecule has 0 bridgehead atoms. The monoisotopic (exact) mass is 286 g/mol. The third-order valence-electron chi connectivity index (χ3n) is 2.97. The van der Waals surface area contributed by atoms with E-state index in [1.807, 2.05) is 25.1 Å². The fourth-order valence-electron chi connectivity index (χ4n) is 1.91. The molecule has 0 aliphatic heterocycles. The van der Waals surface area contributed by atoms with Crippen molar-refractivity contribution in [3.8, 4) is 6.07 Å². The lowest BCUT2D eigenvalue weighted by molar-refractivity contribution is 0.619. The molecule has 0 aromatic heterocycles. The van der Waals surface area contributed by atoms with E-state index in [1.54, 1.807) is 30.8 Å². The van der Waals surface area contributed by atoms with Crippen LogP contribution in [0, 0.1) is 24.1 Å². The maximum atomic E-state index is 13.6. The van der Waals surface area contributed by atoms with E-state index in [9.17, 15) is 9.65 Å². The molecule has 0 heterocycles. The number of nitrogens with zero attached hydrogens (tertiary/aromatic N) is 1. The number of hydrogen-bond acceptors (Lipinski definition) is 3. The third-order valence-corrected chi connectivity index (χ3v) is 3.91. The molecule has 20 heavy (non-hydrogen) atoms. The van der Waals surface area contributed by atoms with Crippen molar-refractivity contribution in [1.29, 1.82) is 5.26 Å². The van der Waals surface area contributed by atoms with Gasteiger partial charge in [0, 0.05) is 16.1 Å². The van der Waals surface area contributed by atoms with Gasteiger partial charge < -0.3 is 5.32 Å². The number of thioether (sulfide) groups is 1. The molecule has 0 aliphatic carbocycles. The molecule has 0 aliphatic rings. The number of anilines is 2. The lowest BCUT2D eigenvalue weighted by Gasteiger charge is -2.13. The first-order chi connectivity index (χ1) is 9.67. The van der Waals surface area contributed by atoms with Gasteiger partial charge in [0.05, 0.1) is 11.3 Å². The van der Waals surface area contributed by atoms with E-state index in [0.29, 0.717) is 22.5 Å². The lowest BCUT2D eigenvalue weighted by Crippen LogP contribution is -1.98. The maximum absolute atomic E-state index is 13.6. The first kappa shape index (κ1) is 14.4. The van der Waals surface area contributed by atoms with Gasteiger partial charge in [0.15, 0.2) is 0 Å². The van der Waals surface area contributed by atoms with Gasteiger partial charge in [-0.15, -0.1) is 11.8 Å². The summed E-state index contributed by atoms with van der Waals surface area (Å²) in [5.41, 5.74) is 2.53. The van der Waals surface area contributed by atoms with Gasteiger partial charge in [-0.25, -0.2) is 4.39 Å². The molecule has 2 aromatic carbocycles. The molecular formula is C16H15FN2S. The average Bonchev–Trinajstić information content (AvgIpc) is 2.44. The van der Waals surface area contributed by atoms with Crippen LogP contribution < -0.4 is 5.32 Å². The van der Waals surface area contributed by atoms with Gasteiger partial charge in [0.2, 0.25) is 0 Å². The fourth-order valence-corrected chi connectivity index (χ4v) is 2.70. The summed E-state index contributed by atoms with van der Waals surface area (Å²) in [5, 5.41) is 12.5. The van der Waals surface area contributed by atoms with E-state index < -0.39 is 0 Å². The normalized spacial score (nSPS) is 10.1. The first-order valence-electron chi connectivity index (χ1n) is 6.35. The number of benzene rings is 2. The van der Waals surface area contributed by atoms with E-state index in [4.69, 9.17) is 0 Å². The Balaban J connectivity index is 2.41. The minimum atomic E-state index is -0.257. The lowest BCUT2D eigenvalue weighted by atomic mass is 10.1. The quantitative estimate of drug-likeness (QED) is 0.815. The summed E-state index contributed by atoms with van der Waals surface area (Å²) in [7, 11) is 0. The first-order valence-corrected chi connectivity index (χ1v) is 7.34. The number of halogens is 1. The number of nitrogens with one attached hydrogen (secondary N) is 1. The van der Waals surface area contributed by atoms with Gasteiger partial charge in [-0.05, 0) is 36.9 Å². The van der Waals surface area contributed by atoms with Crippen molar-refractivity contribution in [3.63, 3.8) is 0 Å². The number of nitriles is 1. The van der Waals surface area contributed by atoms with Gasteiger partial charge in [-0.1, -0.05) is 19.1 Å². The SMILES string of the molecule is CCSc1cccc(Nc2cccc(F)c2C)c1C#N. The minimum Gasteiger partial charge on any atom is -0.354 e. The second-order valence-corrected chi connectivity index (χ2v) is 5.57. The molecule has 2 rings (SSSR count). The van der Waals surface area contributed by atoms with Crippen molar-refractivity contribution < 1.29 is 4.39 Å². The topological polar surface area (TPSA) is 35.8 Å². The molecule has 0 saturated heterocycles. The Morgan fingerprint density at radius 1 is 1.20 bits per heavy atom. The second-order valence-electron chi connectivity index (χ2n) is 4.26. The zero-order valence-corrected chi connectivity index (χ0v) is 12.2. The summed E-state index contributed by atoms with van der Waals surface area (Å²) in [6, 6.07) is 12.8. The molecule has 2 aromatic rings. The van der Waals surface area contributed by atoms with E-state index in [2.05, 4.69) is 11.4 Å². The summed E-state index contributed by atoms with van der Waals surface area (Å²) < 4.78 is 13.6. The van der Waals surface area contributed by atoms with Crippen LogP contribution >= 0.6 is 11.8 Å². The molecule has 0 atom stereocenters. The Hall–Kier alpha value is -1.99. The molecule has 0 amide bonds. The molecule has 0 saturated carbocycles. The fraction of sp³-hybridized carbons (Fsp3) is 0.188. The van der Waals surface area contributed by atoms with Crippen LogP contribution in [-0.4, -0.2) is 5.75 Å². The van der Waals surface area contributed by atoms with Gasteiger partial charge in [0.25, 0.3) is 0 Å². The largest absolute Gasteiger partial charge is 0.354 e. The van der Waals surface area contributed by atoms with Gasteiger partial charge in [-0.2, -0.15) is 5.26 Å². The van der Waals surface area contributed by atoms with Crippen LogP contribution in [-0.2, 0) is 0 Å². The van der Waals surface area contributed by atoms with Crippen molar-refractivity contribution in [2.24, 2.45) is 0 Å². The average molecular weight is 286 g/mol. The molecule has 4 heteroatoms. The maximum Gasteiger partial charge on any atom is 0.128 e. The van der Waals surface area contributed by atoms with Gasteiger partial charge >= 0.3 is 0 Å². The Morgan fingerprint density at radius 3 is 2.60 bits per heavy atom. The zero-order valence-electron chi connectivity index (χ0n) is 11.4. The predicted octanol–water partition coefficient (Wildman–Crippen LogP) is 4.86. The third kappa shape index (κ3) is 2.94. The van der Waals surface area contributed by atoms with E-state index >= 15 is 0 Å². The Bertz CT molecular complexity index is 662. The molecule has 0 unspecified atom stereocenters. The van der Waals surface area contributed by atoms with Gasteiger partial charge in [0.1, 0.15) is 11.9 Å². The minimum absolute atomic E-state index is 0.257. The summed E-state index contributed by atoms with van der Waals surface area (Å²) in [6.45, 7) is 3.76. The highest BCUT2D eigenvalue weighted by atomic mass is 32.2. The molecule has 1 N–H and O–H groups in total. The Labute approximate surface area is 122 Å². The van der Waals surface area contributed by atoms with Crippen LogP contribution in [0.3, 0.4) is 0 Å². The van der Waals surface area contributed by atoms with Crippen molar-refractivity contribution in [2.75, 3.05) is 11.1 Å². The molecule has 2 nitrogen and oxygen atoms in total. The predicted molar refractivity (Wildman–Crippen MR) is 82.0 cm³/mol. The van der Waals surface area contributed by atoms with Crippen LogP contribution in [0.15, 0.2) is 41.3 Å². The van der Waals surface area contributed by atoms with Gasteiger partial charge in [-0.3, -0.25) is 0 Å². The molecular weight excluding hydrogens is 271 g/mol. The highest BCUT2D eigenvalue weighted by molar-refractivity contribution is 7.99. The van der Waals surface area contributed by atoms with Crippen LogP contribution in [0.5, 0.6) is 0 Å². The van der Waals surface area contributed by atoms with Crippen LogP contribution in [0.1, 0.15) is 18.1 Å². The van der Waals surface area contributed by atoms with Crippen molar-refractivity contribution in [3.05, 3.63) is 53.3 Å². The van der Waals surface area contributed by atoms with Crippen LogP contribution in [0.4, 0.5) is 15.8 Å². The van der Waals surface area contributed by atoms with Crippen LogP contribution in [0.25, 0.3) is 0 Å². The summed E-state index contributed by atoms with van der Waals surface area (Å²) >= 11 is 1.62. The zero-order chi connectivity index (χ0) is 14.5. The van der Waals surface area contributed by atoms with E-state index in [-0.39, 0.29) is 5.82 Å². The van der Waals surface area contributed by atoms with E-state index in [1.165, 1.54) is 6.07 Å². The number of hydrogen-bond donors (Lipinski definition) is 1. The van der Waals surface area contributed by atoms with E-state index in [0.717, 1.165) is 10.6 Å². The number of rotatable bonds is 4. The van der Waals surface area contributed by atoms with Crippen molar-refractivity contribution in [2.45, 2.75) is 18.7 Å². The molecule has 0 fully saturated rings. The Kier molecular flexibility index (Phi) is 4.65. The summed E-state index contributed by atoms with van der Waals surface area (Å²) in [4.78, 5) is 0.939. The Morgan fingerprint density at radius 2 is 1.90 bits per heavy atom. The summed E-state index contributed by atoms with van der Waals surface area (Å²) in [5.74, 6) is 0.643. The molecule has 102 valence electrons. The van der Waals surface area contributed by atoms with Crippen molar-refractivity contribution >= 4 is 23.1 Å².